The lowest BCUT2D eigenvalue weighted by Crippen LogP contribution is -2.21. The van der Waals surface area contributed by atoms with E-state index in [-0.39, 0.29) is 6.61 Å². The molecule has 0 fully saturated rings. The van der Waals surface area contributed by atoms with Gasteiger partial charge in [0, 0.05) is 12.2 Å². The van der Waals surface area contributed by atoms with Gasteiger partial charge in [0.15, 0.2) is 0 Å². The summed E-state index contributed by atoms with van der Waals surface area (Å²) in [5, 5.41) is 3.23. The van der Waals surface area contributed by atoms with Crippen LogP contribution in [-0.4, -0.2) is 31.1 Å². The van der Waals surface area contributed by atoms with Crippen LogP contribution >= 0.6 is 0 Å². The largest absolute Gasteiger partial charge is 0.522 e. The minimum absolute atomic E-state index is 0.179. The molecule has 0 aromatic carbocycles. The molecule has 0 aliphatic carbocycles. The summed E-state index contributed by atoms with van der Waals surface area (Å²) in [6.45, 7) is 6.63. The molecular weight excluding hydrogens is 285 g/mol. The van der Waals surface area contributed by atoms with Crippen LogP contribution in [-0.2, 0) is 11.3 Å². The normalized spacial score (nSPS) is 12.0. The lowest BCUT2D eigenvalue weighted by molar-refractivity contribution is -0.325. The number of hydrogen-bond acceptors (Lipinski definition) is 4. The second kappa shape index (κ2) is 8.19. The summed E-state index contributed by atoms with van der Waals surface area (Å²) in [6, 6.07) is 3.47. The number of alkyl halides is 3. The number of aromatic nitrogens is 1. The lowest BCUT2D eigenvalue weighted by Gasteiger charge is -2.13. The first kappa shape index (κ1) is 17.7. The Morgan fingerprint density at radius 1 is 1.24 bits per heavy atom. The Bertz CT molecular complexity index is 437. The van der Waals surface area contributed by atoms with Crippen LogP contribution in [0.3, 0.4) is 0 Å². The number of pyridine rings is 1. The van der Waals surface area contributed by atoms with Crippen molar-refractivity contribution in [1.82, 2.24) is 10.3 Å². The first-order valence-electron chi connectivity index (χ1n) is 6.78. The van der Waals surface area contributed by atoms with Gasteiger partial charge in [-0.3, -0.25) is 9.72 Å². The van der Waals surface area contributed by atoms with Crippen LogP contribution in [0, 0.1) is 12.8 Å². The Kier molecular flexibility index (Phi) is 6.91. The monoisotopic (exact) mass is 306 g/mol. The highest BCUT2D eigenvalue weighted by molar-refractivity contribution is 5.29. The molecule has 0 saturated carbocycles. The number of halogens is 3. The van der Waals surface area contributed by atoms with Crippen LogP contribution in [0.4, 0.5) is 13.2 Å². The van der Waals surface area contributed by atoms with Gasteiger partial charge in [0.05, 0.1) is 12.3 Å². The highest BCUT2D eigenvalue weighted by Crippen LogP contribution is 2.18. The molecule has 7 heteroatoms. The van der Waals surface area contributed by atoms with Gasteiger partial charge < -0.3 is 10.1 Å². The summed E-state index contributed by atoms with van der Waals surface area (Å²) in [4.78, 5) is 4.35. The molecular formula is C14H21F3N2O2. The summed E-state index contributed by atoms with van der Waals surface area (Å²) in [6.07, 6.45) is -4.63. The summed E-state index contributed by atoms with van der Waals surface area (Å²) >= 11 is 0. The summed E-state index contributed by atoms with van der Waals surface area (Å²) in [7, 11) is 0. The van der Waals surface area contributed by atoms with Crippen molar-refractivity contribution in [2.75, 3.05) is 19.8 Å². The third kappa shape index (κ3) is 7.87. The fraction of sp³-hybridized carbons (Fsp3) is 0.643. The van der Waals surface area contributed by atoms with Gasteiger partial charge in [-0.25, -0.2) is 0 Å². The first-order chi connectivity index (χ1) is 9.78. The Balaban J connectivity index is 2.52. The maximum atomic E-state index is 11.9. The molecule has 0 spiro atoms. The molecule has 1 N–H and O–H groups in total. The smallest absolute Gasteiger partial charge is 0.489 e. The van der Waals surface area contributed by atoms with Gasteiger partial charge in [-0.1, -0.05) is 13.8 Å². The molecule has 1 heterocycles. The predicted octanol–water partition coefficient (Wildman–Crippen LogP) is 3.05. The Labute approximate surface area is 122 Å². The molecule has 1 aromatic rings. The predicted molar refractivity (Wildman–Crippen MR) is 73.0 cm³/mol. The second-order valence-corrected chi connectivity index (χ2v) is 5.06. The average molecular weight is 306 g/mol. The van der Waals surface area contributed by atoms with Gasteiger partial charge in [-0.2, -0.15) is 0 Å². The van der Waals surface area contributed by atoms with E-state index >= 15 is 0 Å². The van der Waals surface area contributed by atoms with Crippen molar-refractivity contribution in [2.24, 2.45) is 5.92 Å². The number of nitrogens with zero attached hydrogens (tertiary/aromatic N) is 1. The Morgan fingerprint density at radius 2 is 1.95 bits per heavy atom. The van der Waals surface area contributed by atoms with Gasteiger partial charge >= 0.3 is 6.36 Å². The Morgan fingerprint density at radius 3 is 2.57 bits per heavy atom. The van der Waals surface area contributed by atoms with Crippen LogP contribution in [0.25, 0.3) is 0 Å². The number of ether oxygens (including phenoxy) is 2. The molecule has 21 heavy (non-hydrogen) atoms. The van der Waals surface area contributed by atoms with Gasteiger partial charge in [0.25, 0.3) is 0 Å². The minimum atomic E-state index is -4.63. The molecule has 0 bridgehead atoms. The van der Waals surface area contributed by atoms with Crippen LogP contribution in [0.5, 0.6) is 5.75 Å². The van der Waals surface area contributed by atoms with Crippen molar-refractivity contribution < 1.29 is 22.6 Å². The van der Waals surface area contributed by atoms with E-state index in [1.54, 1.807) is 12.1 Å². The summed E-state index contributed by atoms with van der Waals surface area (Å²) in [5.74, 6) is 0.974. The van der Waals surface area contributed by atoms with E-state index in [0.717, 1.165) is 12.2 Å². The third-order valence-electron chi connectivity index (χ3n) is 2.52. The van der Waals surface area contributed by atoms with Crippen molar-refractivity contribution in [2.45, 2.75) is 33.7 Å². The van der Waals surface area contributed by atoms with E-state index < -0.39 is 13.0 Å². The van der Waals surface area contributed by atoms with E-state index in [9.17, 15) is 13.2 Å². The standard InChI is InChI=1S/C14H21F3N2O2/c1-10(2)8-18-9-12-13(5-4-11(3)19-12)20-6-7-21-14(15,16)17/h4-5,10,18H,6-9H2,1-3H3. The molecule has 0 unspecified atom stereocenters. The first-order valence-corrected chi connectivity index (χ1v) is 6.78. The fourth-order valence-electron chi connectivity index (χ4n) is 1.64. The highest BCUT2D eigenvalue weighted by atomic mass is 19.4. The van der Waals surface area contributed by atoms with E-state index in [4.69, 9.17) is 4.74 Å². The fourth-order valence-corrected chi connectivity index (χ4v) is 1.64. The lowest BCUT2D eigenvalue weighted by atomic mass is 10.2. The maximum absolute atomic E-state index is 11.9. The SMILES string of the molecule is Cc1ccc(OCCOC(F)(F)F)c(CNCC(C)C)n1. The molecule has 0 saturated heterocycles. The number of hydrogen-bond donors (Lipinski definition) is 1. The van der Waals surface area contributed by atoms with Crippen molar-refractivity contribution in [3.63, 3.8) is 0 Å². The summed E-state index contributed by atoms with van der Waals surface area (Å²) in [5.41, 5.74) is 1.51. The average Bonchev–Trinajstić information content (AvgIpc) is 2.35. The van der Waals surface area contributed by atoms with E-state index in [1.165, 1.54) is 0 Å². The molecule has 120 valence electrons. The van der Waals surface area contributed by atoms with Crippen molar-refractivity contribution >= 4 is 0 Å². The molecule has 1 rings (SSSR count). The number of rotatable bonds is 8. The molecule has 4 nitrogen and oxygen atoms in total. The zero-order chi connectivity index (χ0) is 15.9. The summed E-state index contributed by atoms with van der Waals surface area (Å²) < 4.78 is 44.6. The molecule has 0 aliphatic rings. The van der Waals surface area contributed by atoms with Crippen molar-refractivity contribution in [1.29, 1.82) is 0 Å². The topological polar surface area (TPSA) is 43.4 Å². The minimum Gasteiger partial charge on any atom is -0.489 e. The number of aryl methyl sites for hydroxylation is 1. The van der Waals surface area contributed by atoms with Gasteiger partial charge in [0.2, 0.25) is 0 Å². The Hall–Kier alpha value is -1.34. The van der Waals surface area contributed by atoms with Gasteiger partial charge in [-0.05, 0) is 31.5 Å². The van der Waals surface area contributed by atoms with E-state index in [1.807, 2.05) is 6.92 Å². The second-order valence-electron chi connectivity index (χ2n) is 5.06. The zero-order valence-electron chi connectivity index (χ0n) is 12.5. The molecule has 0 radical (unpaired) electrons. The van der Waals surface area contributed by atoms with Crippen molar-refractivity contribution in [3.05, 3.63) is 23.5 Å². The van der Waals surface area contributed by atoms with Crippen LogP contribution < -0.4 is 10.1 Å². The van der Waals surface area contributed by atoms with Crippen molar-refractivity contribution in [3.8, 4) is 5.75 Å². The van der Waals surface area contributed by atoms with Crippen LogP contribution in [0.15, 0.2) is 12.1 Å². The molecule has 0 aliphatic heterocycles. The van der Waals surface area contributed by atoms with Crippen LogP contribution in [0.1, 0.15) is 25.2 Å². The zero-order valence-corrected chi connectivity index (χ0v) is 12.5. The quantitative estimate of drug-likeness (QED) is 0.750. The van der Waals surface area contributed by atoms with Gasteiger partial charge in [0.1, 0.15) is 12.4 Å². The van der Waals surface area contributed by atoms with Gasteiger partial charge in [-0.15, -0.1) is 13.2 Å². The number of nitrogens with one attached hydrogen (secondary N) is 1. The maximum Gasteiger partial charge on any atom is 0.522 e. The van der Waals surface area contributed by atoms with E-state index in [0.29, 0.717) is 23.9 Å². The van der Waals surface area contributed by atoms with Crippen LogP contribution in [0.2, 0.25) is 0 Å². The molecule has 0 amide bonds. The molecule has 1 aromatic heterocycles. The third-order valence-corrected chi connectivity index (χ3v) is 2.52. The highest BCUT2D eigenvalue weighted by Gasteiger charge is 2.28. The van der Waals surface area contributed by atoms with E-state index in [2.05, 4.69) is 28.9 Å². The molecule has 0 atom stereocenters.